The highest BCUT2D eigenvalue weighted by atomic mass is 32.2. The first-order valence-electron chi connectivity index (χ1n) is 11.4. The number of thioether (sulfide) groups is 1. The largest absolute Gasteiger partial charge is 0.438 e. The van der Waals surface area contributed by atoms with E-state index in [1.165, 1.54) is 16.2 Å². The van der Waals surface area contributed by atoms with E-state index in [1.54, 1.807) is 23.2 Å². The van der Waals surface area contributed by atoms with Crippen LogP contribution < -0.4 is 10.3 Å². The molecule has 1 aliphatic heterocycles. The molecular weight excluding hydrogens is 482 g/mol. The number of carbonyl (C=O) groups is 1. The van der Waals surface area contributed by atoms with Crippen molar-refractivity contribution < 1.29 is 14.3 Å². The summed E-state index contributed by atoms with van der Waals surface area (Å²) in [7, 11) is 0. The Hall–Kier alpha value is -3.01. The molecule has 0 aliphatic carbocycles. The minimum Gasteiger partial charge on any atom is -0.438 e. The molecule has 3 aromatic rings. The Morgan fingerprint density at radius 3 is 2.66 bits per heavy atom. The number of fused-ring (bicyclic) bond motifs is 1. The standard InChI is InChI=1S/C26H27N3O4S2/c1-5-32-14-8-13-29-25(31)21(35-26(29)34)15-19-23(33-20-11-6-9-16(2)18(20)4)27-22-17(3)10-7-12-28(22)24(19)30/h6-7,9-12,15H,5,8,13-14H2,1-4H3/b21-15+. The predicted molar refractivity (Wildman–Crippen MR) is 143 cm³/mol. The van der Waals surface area contributed by atoms with Gasteiger partial charge in [0.25, 0.3) is 11.5 Å². The Bertz CT molecular complexity index is 1400. The average molecular weight is 510 g/mol. The van der Waals surface area contributed by atoms with Crippen molar-refractivity contribution in [1.82, 2.24) is 14.3 Å². The van der Waals surface area contributed by atoms with E-state index in [0.717, 1.165) is 16.7 Å². The van der Waals surface area contributed by atoms with E-state index in [4.69, 9.17) is 21.7 Å². The molecule has 4 rings (SSSR count). The molecule has 2 aromatic heterocycles. The molecule has 0 N–H and O–H groups in total. The van der Waals surface area contributed by atoms with Crippen molar-refractivity contribution in [3.8, 4) is 11.6 Å². The van der Waals surface area contributed by atoms with Crippen molar-refractivity contribution in [3.05, 3.63) is 74.0 Å². The van der Waals surface area contributed by atoms with Crippen molar-refractivity contribution in [3.63, 3.8) is 0 Å². The first-order valence-corrected chi connectivity index (χ1v) is 12.6. The second-order valence-corrected chi connectivity index (χ2v) is 9.88. The van der Waals surface area contributed by atoms with Crippen LogP contribution in [0.25, 0.3) is 11.7 Å². The monoisotopic (exact) mass is 509 g/mol. The number of hydrogen-bond donors (Lipinski definition) is 0. The van der Waals surface area contributed by atoms with Crippen molar-refractivity contribution in [1.29, 1.82) is 0 Å². The van der Waals surface area contributed by atoms with E-state index in [1.807, 2.05) is 52.0 Å². The van der Waals surface area contributed by atoms with Gasteiger partial charge in [-0.25, -0.2) is 0 Å². The third-order valence-corrected chi connectivity index (χ3v) is 7.21. The average Bonchev–Trinajstić information content (AvgIpc) is 3.10. The Morgan fingerprint density at radius 1 is 1.11 bits per heavy atom. The van der Waals surface area contributed by atoms with Gasteiger partial charge in [-0.1, -0.05) is 42.2 Å². The molecule has 1 fully saturated rings. The summed E-state index contributed by atoms with van der Waals surface area (Å²) in [4.78, 5) is 33.3. The molecule has 0 atom stereocenters. The summed E-state index contributed by atoms with van der Waals surface area (Å²) < 4.78 is 13.5. The van der Waals surface area contributed by atoms with Gasteiger partial charge in [0.1, 0.15) is 21.3 Å². The summed E-state index contributed by atoms with van der Waals surface area (Å²) in [5, 5.41) is 0. The molecule has 1 saturated heterocycles. The molecule has 0 unspecified atom stereocenters. The summed E-state index contributed by atoms with van der Waals surface area (Å²) in [5.41, 5.74) is 3.22. The molecule has 0 bridgehead atoms. The van der Waals surface area contributed by atoms with Crippen LogP contribution in [0, 0.1) is 20.8 Å². The van der Waals surface area contributed by atoms with Gasteiger partial charge in [0.05, 0.1) is 4.91 Å². The normalized spacial score (nSPS) is 15.0. The summed E-state index contributed by atoms with van der Waals surface area (Å²) >= 11 is 6.62. The number of nitrogens with zero attached hydrogens (tertiary/aromatic N) is 3. The number of carbonyl (C=O) groups excluding carboxylic acids is 1. The molecule has 1 aromatic carbocycles. The Balaban J connectivity index is 1.78. The summed E-state index contributed by atoms with van der Waals surface area (Å²) in [6.45, 7) is 9.40. The number of pyridine rings is 1. The first-order chi connectivity index (χ1) is 16.8. The van der Waals surface area contributed by atoms with Gasteiger partial charge in [-0.3, -0.25) is 18.9 Å². The predicted octanol–water partition coefficient (Wildman–Crippen LogP) is 5.04. The number of amides is 1. The SMILES string of the molecule is CCOCCCN1C(=O)/C(=C\c2c(Oc3cccc(C)c3C)nc3c(C)cccn3c2=O)SC1=S. The number of thiocarbonyl (C=S) groups is 1. The lowest BCUT2D eigenvalue weighted by molar-refractivity contribution is -0.122. The van der Waals surface area contributed by atoms with Gasteiger partial charge in [-0.15, -0.1) is 0 Å². The lowest BCUT2D eigenvalue weighted by Gasteiger charge is -2.14. The highest BCUT2D eigenvalue weighted by Crippen LogP contribution is 2.35. The molecule has 35 heavy (non-hydrogen) atoms. The Morgan fingerprint density at radius 2 is 1.89 bits per heavy atom. The van der Waals surface area contributed by atoms with Crippen LogP contribution >= 0.6 is 24.0 Å². The smallest absolute Gasteiger partial charge is 0.269 e. The molecule has 0 radical (unpaired) electrons. The fraction of sp³-hybridized carbons (Fsp3) is 0.308. The van der Waals surface area contributed by atoms with Crippen molar-refractivity contribution in [2.24, 2.45) is 0 Å². The second-order valence-electron chi connectivity index (χ2n) is 8.20. The van der Waals surface area contributed by atoms with Gasteiger partial charge in [-0.05, 0) is 69.0 Å². The number of ether oxygens (including phenoxy) is 2. The lowest BCUT2D eigenvalue weighted by Crippen LogP contribution is -2.29. The maximum atomic E-state index is 13.6. The lowest BCUT2D eigenvalue weighted by atomic mass is 10.1. The highest BCUT2D eigenvalue weighted by Gasteiger charge is 2.32. The highest BCUT2D eigenvalue weighted by molar-refractivity contribution is 8.26. The zero-order valence-corrected chi connectivity index (χ0v) is 21.8. The molecule has 7 nitrogen and oxygen atoms in total. The van der Waals surface area contributed by atoms with Gasteiger partial charge in [-0.2, -0.15) is 4.98 Å². The van der Waals surface area contributed by atoms with Crippen molar-refractivity contribution in [2.45, 2.75) is 34.1 Å². The van der Waals surface area contributed by atoms with Gasteiger partial charge in [0.2, 0.25) is 5.88 Å². The number of benzene rings is 1. The van der Waals surface area contributed by atoms with Gasteiger partial charge in [0, 0.05) is 26.0 Å². The van der Waals surface area contributed by atoms with E-state index < -0.39 is 0 Å². The number of rotatable bonds is 8. The summed E-state index contributed by atoms with van der Waals surface area (Å²) in [6, 6.07) is 9.40. The van der Waals surface area contributed by atoms with Crippen LogP contribution in [0.4, 0.5) is 0 Å². The molecule has 9 heteroatoms. The third kappa shape index (κ3) is 5.17. The Labute approximate surface area is 213 Å². The van der Waals surface area contributed by atoms with Crippen LogP contribution in [-0.2, 0) is 9.53 Å². The zero-order valence-electron chi connectivity index (χ0n) is 20.2. The van der Waals surface area contributed by atoms with Crippen LogP contribution in [-0.4, -0.2) is 44.3 Å². The van der Waals surface area contributed by atoms with Crippen molar-refractivity contribution >= 4 is 45.9 Å². The van der Waals surface area contributed by atoms with E-state index in [0.29, 0.717) is 46.8 Å². The summed E-state index contributed by atoms with van der Waals surface area (Å²) in [5.74, 6) is 0.524. The van der Waals surface area contributed by atoms with E-state index in [-0.39, 0.29) is 22.9 Å². The molecule has 3 heterocycles. The van der Waals surface area contributed by atoms with Gasteiger partial charge < -0.3 is 9.47 Å². The number of aromatic nitrogens is 2. The maximum absolute atomic E-state index is 13.6. The quantitative estimate of drug-likeness (QED) is 0.239. The van der Waals surface area contributed by atoms with E-state index in [9.17, 15) is 9.59 Å². The number of hydrogen-bond acceptors (Lipinski definition) is 7. The second kappa shape index (κ2) is 10.7. The van der Waals surface area contributed by atoms with Crippen LogP contribution in [0.2, 0.25) is 0 Å². The van der Waals surface area contributed by atoms with Crippen LogP contribution in [0.15, 0.2) is 46.2 Å². The molecular formula is C26H27N3O4S2. The minimum absolute atomic E-state index is 0.152. The maximum Gasteiger partial charge on any atom is 0.269 e. The minimum atomic E-state index is -0.319. The third-order valence-electron chi connectivity index (χ3n) is 5.83. The molecule has 0 spiro atoms. The van der Waals surface area contributed by atoms with Gasteiger partial charge in [0.15, 0.2) is 0 Å². The van der Waals surface area contributed by atoms with Crippen LogP contribution in [0.1, 0.15) is 35.6 Å². The van der Waals surface area contributed by atoms with E-state index in [2.05, 4.69) is 4.98 Å². The fourth-order valence-corrected chi connectivity index (χ4v) is 5.02. The van der Waals surface area contributed by atoms with Crippen LogP contribution in [0.3, 0.4) is 0 Å². The Kier molecular flexibility index (Phi) is 7.69. The molecule has 1 aliphatic rings. The molecule has 0 saturated carbocycles. The van der Waals surface area contributed by atoms with E-state index >= 15 is 0 Å². The topological polar surface area (TPSA) is 73.1 Å². The first kappa shape index (κ1) is 25.1. The van der Waals surface area contributed by atoms with Crippen LogP contribution in [0.5, 0.6) is 11.6 Å². The van der Waals surface area contributed by atoms with Crippen molar-refractivity contribution in [2.75, 3.05) is 19.8 Å². The molecule has 182 valence electrons. The van der Waals surface area contributed by atoms with Gasteiger partial charge >= 0.3 is 0 Å². The number of aryl methyl sites for hydroxylation is 2. The fourth-order valence-electron chi connectivity index (χ4n) is 3.73. The zero-order chi connectivity index (χ0) is 25.1. The summed E-state index contributed by atoms with van der Waals surface area (Å²) in [6.07, 6.45) is 3.89. The molecule has 1 amide bonds.